The zero-order valence-corrected chi connectivity index (χ0v) is 20.6. The molecule has 0 atom stereocenters. The predicted molar refractivity (Wildman–Crippen MR) is 144 cm³/mol. The average molecular weight is 474 g/mol. The highest BCUT2D eigenvalue weighted by Gasteiger charge is 2.21. The first kappa shape index (κ1) is 25.7. The largest absolute Gasteiger partial charge is 0.497 e. The lowest BCUT2D eigenvalue weighted by molar-refractivity contribution is 0.115. The predicted octanol–water partition coefficient (Wildman–Crippen LogP) is 6.68. The molecule has 184 valence electrons. The minimum atomic E-state index is -0.460. The first-order valence-electron chi connectivity index (χ1n) is 11.9. The Morgan fingerprint density at radius 3 is 2.34 bits per heavy atom. The smallest absolute Gasteiger partial charge is 0.411 e. The van der Waals surface area contributed by atoms with E-state index in [1.165, 1.54) is 5.70 Å². The number of amides is 1. The minimum Gasteiger partial charge on any atom is -0.497 e. The van der Waals surface area contributed by atoms with Crippen LogP contribution < -0.4 is 15.4 Å². The molecule has 0 saturated carbocycles. The fourth-order valence-corrected chi connectivity index (χ4v) is 3.98. The van der Waals surface area contributed by atoms with E-state index in [2.05, 4.69) is 34.8 Å². The van der Waals surface area contributed by atoms with E-state index in [-0.39, 0.29) is 0 Å². The van der Waals surface area contributed by atoms with Gasteiger partial charge in [-0.25, -0.2) is 4.79 Å². The third-order valence-electron chi connectivity index (χ3n) is 5.94. The van der Waals surface area contributed by atoms with E-state index in [4.69, 9.17) is 9.47 Å². The van der Waals surface area contributed by atoms with Crippen molar-refractivity contribution < 1.29 is 14.3 Å². The Labute approximate surface area is 208 Å². The van der Waals surface area contributed by atoms with Gasteiger partial charge in [-0.05, 0) is 79.8 Å². The highest BCUT2D eigenvalue weighted by atomic mass is 16.5. The van der Waals surface area contributed by atoms with E-state index >= 15 is 0 Å². The Bertz CT molecular complexity index is 1060. The van der Waals surface area contributed by atoms with Gasteiger partial charge in [0.05, 0.1) is 25.1 Å². The summed E-state index contributed by atoms with van der Waals surface area (Å²) >= 11 is 0. The number of nitrogens with one attached hydrogen (secondary N) is 2. The molecule has 0 bridgehead atoms. The molecule has 1 fully saturated rings. The van der Waals surface area contributed by atoms with Crippen LogP contribution in [-0.4, -0.2) is 37.8 Å². The summed E-state index contributed by atoms with van der Waals surface area (Å²) in [5.74, 6) is 1.12. The first-order valence-corrected chi connectivity index (χ1v) is 11.9. The van der Waals surface area contributed by atoms with Crippen molar-refractivity contribution in [2.45, 2.75) is 19.8 Å². The Morgan fingerprint density at radius 2 is 1.74 bits per heavy atom. The Kier molecular flexibility index (Phi) is 9.60. The molecule has 0 aromatic heterocycles. The molecule has 0 radical (unpaired) electrons. The minimum absolute atomic E-state index is 0.343. The van der Waals surface area contributed by atoms with Crippen LogP contribution in [0.15, 0.2) is 91.7 Å². The lowest BCUT2D eigenvalue weighted by atomic mass is 9.97. The first-order chi connectivity index (χ1) is 17.0. The van der Waals surface area contributed by atoms with Gasteiger partial charge in [0.25, 0.3) is 0 Å². The number of hydrogen-bond acceptors (Lipinski definition) is 5. The maximum atomic E-state index is 12.5. The van der Waals surface area contributed by atoms with Gasteiger partial charge in [-0.3, -0.25) is 5.32 Å². The summed E-state index contributed by atoms with van der Waals surface area (Å²) in [6.07, 6.45) is 9.46. The second-order valence-electron chi connectivity index (χ2n) is 8.36. The van der Waals surface area contributed by atoms with Crippen molar-refractivity contribution in [3.8, 4) is 5.75 Å². The molecule has 1 amide bonds. The monoisotopic (exact) mass is 473 g/mol. The molecule has 35 heavy (non-hydrogen) atoms. The van der Waals surface area contributed by atoms with Gasteiger partial charge in [-0.15, -0.1) is 0 Å². The molecule has 1 aliphatic heterocycles. The fourth-order valence-electron chi connectivity index (χ4n) is 3.98. The van der Waals surface area contributed by atoms with Gasteiger partial charge >= 0.3 is 6.09 Å². The number of carbonyl (C=O) groups excluding carboxylic acids is 1. The van der Waals surface area contributed by atoms with Gasteiger partial charge < -0.3 is 19.7 Å². The van der Waals surface area contributed by atoms with Crippen molar-refractivity contribution in [3.05, 3.63) is 97.3 Å². The van der Waals surface area contributed by atoms with Crippen LogP contribution in [0.2, 0.25) is 0 Å². The molecule has 1 heterocycles. The number of nitrogens with zero attached hydrogens (tertiary/aromatic N) is 1. The number of rotatable bonds is 10. The van der Waals surface area contributed by atoms with E-state index < -0.39 is 6.09 Å². The van der Waals surface area contributed by atoms with Gasteiger partial charge in [0.15, 0.2) is 0 Å². The zero-order chi connectivity index (χ0) is 25.0. The van der Waals surface area contributed by atoms with E-state index in [0.717, 1.165) is 42.9 Å². The van der Waals surface area contributed by atoms with E-state index in [1.54, 1.807) is 7.11 Å². The van der Waals surface area contributed by atoms with Crippen LogP contribution >= 0.6 is 0 Å². The van der Waals surface area contributed by atoms with Crippen molar-refractivity contribution in [2.24, 2.45) is 5.92 Å². The number of allylic oxidation sites excluding steroid dienone is 4. The number of ether oxygens (including phenoxy) is 2. The highest BCUT2D eigenvalue weighted by molar-refractivity contribution is 5.92. The van der Waals surface area contributed by atoms with Gasteiger partial charge in [0.1, 0.15) is 5.75 Å². The van der Waals surface area contributed by atoms with Crippen molar-refractivity contribution >= 4 is 23.2 Å². The summed E-state index contributed by atoms with van der Waals surface area (Å²) < 4.78 is 10.8. The Hall–Kier alpha value is -3.93. The van der Waals surface area contributed by atoms with E-state index in [1.807, 2.05) is 73.7 Å². The van der Waals surface area contributed by atoms with Crippen LogP contribution in [0.25, 0.3) is 5.70 Å². The third-order valence-corrected chi connectivity index (χ3v) is 5.94. The summed E-state index contributed by atoms with van der Waals surface area (Å²) in [4.78, 5) is 14.9. The topological polar surface area (TPSA) is 62.8 Å². The lowest BCUT2D eigenvalue weighted by Gasteiger charge is -2.34. The number of carbonyl (C=O) groups is 1. The molecule has 2 aromatic rings. The van der Waals surface area contributed by atoms with Gasteiger partial charge in [0, 0.05) is 24.5 Å². The standard InChI is InChI=1S/C29H35N3O3/c1-5-9-25(10-6-2)32-19-17-23(18-20-32)21-35-29(33)31-28-12-8-7-11-27(28)30-22(3)24-13-15-26(34-4)16-14-24/h5-16,23,30H,1,3,17-21H2,2,4H3,(H,31,33)/b10-6-,25-9+. The molecule has 2 N–H and O–H groups in total. The molecular weight excluding hydrogens is 438 g/mol. The lowest BCUT2D eigenvalue weighted by Crippen LogP contribution is -2.34. The number of para-hydroxylation sites is 2. The number of likely N-dealkylation sites (tertiary alicyclic amines) is 1. The number of anilines is 2. The van der Waals surface area contributed by atoms with Crippen LogP contribution in [-0.2, 0) is 4.74 Å². The van der Waals surface area contributed by atoms with E-state index in [0.29, 0.717) is 23.9 Å². The van der Waals surface area contributed by atoms with E-state index in [9.17, 15) is 4.79 Å². The number of benzene rings is 2. The molecule has 6 heteroatoms. The van der Waals surface area contributed by atoms with Crippen LogP contribution in [0.1, 0.15) is 25.3 Å². The number of hydrogen-bond donors (Lipinski definition) is 2. The molecule has 0 spiro atoms. The molecule has 6 nitrogen and oxygen atoms in total. The summed E-state index contributed by atoms with van der Waals surface area (Å²) in [7, 11) is 1.63. The average Bonchev–Trinajstić information content (AvgIpc) is 2.89. The SMILES string of the molecule is C=C/C=C(\C=C/C)N1CCC(COC(=O)Nc2ccccc2NC(=C)c2ccc(OC)cc2)CC1. The second kappa shape index (κ2) is 13.1. The van der Waals surface area contributed by atoms with Crippen molar-refractivity contribution in [1.82, 2.24) is 4.90 Å². The zero-order valence-electron chi connectivity index (χ0n) is 20.6. The maximum absolute atomic E-state index is 12.5. The van der Waals surface area contributed by atoms with Gasteiger partial charge in [-0.2, -0.15) is 0 Å². The summed E-state index contributed by atoms with van der Waals surface area (Å²) in [6, 6.07) is 15.1. The Morgan fingerprint density at radius 1 is 1.09 bits per heavy atom. The Balaban J connectivity index is 1.50. The fraction of sp³-hybridized carbons (Fsp3) is 0.276. The van der Waals surface area contributed by atoms with Crippen molar-refractivity contribution in [1.29, 1.82) is 0 Å². The van der Waals surface area contributed by atoms with Crippen LogP contribution in [0.3, 0.4) is 0 Å². The second-order valence-corrected chi connectivity index (χ2v) is 8.36. The molecule has 1 saturated heterocycles. The quantitative estimate of drug-likeness (QED) is 0.377. The van der Waals surface area contributed by atoms with Gasteiger partial charge in [0.2, 0.25) is 0 Å². The molecule has 2 aromatic carbocycles. The normalized spacial score (nSPS) is 14.5. The molecule has 0 unspecified atom stereocenters. The molecule has 3 rings (SSSR count). The number of methoxy groups -OCH3 is 1. The van der Waals surface area contributed by atoms with Crippen LogP contribution in [0, 0.1) is 5.92 Å². The van der Waals surface area contributed by atoms with Crippen molar-refractivity contribution in [3.63, 3.8) is 0 Å². The summed E-state index contributed by atoms with van der Waals surface area (Å²) in [6.45, 7) is 12.2. The molecule has 1 aliphatic rings. The summed E-state index contributed by atoms with van der Waals surface area (Å²) in [5.41, 5.74) is 4.18. The third kappa shape index (κ3) is 7.54. The maximum Gasteiger partial charge on any atom is 0.411 e. The van der Waals surface area contributed by atoms with Crippen molar-refractivity contribution in [2.75, 3.05) is 37.4 Å². The molecular formula is C29H35N3O3. The highest BCUT2D eigenvalue weighted by Crippen LogP contribution is 2.27. The summed E-state index contributed by atoms with van der Waals surface area (Å²) in [5, 5.41) is 6.14. The van der Waals surface area contributed by atoms with Gasteiger partial charge in [-0.1, -0.05) is 37.4 Å². The van der Waals surface area contributed by atoms with Crippen LogP contribution in [0.4, 0.5) is 16.2 Å². The number of piperidine rings is 1. The molecule has 0 aliphatic carbocycles. The van der Waals surface area contributed by atoms with Crippen LogP contribution in [0.5, 0.6) is 5.75 Å².